The zero-order valence-electron chi connectivity index (χ0n) is 8.40. The fourth-order valence-electron chi connectivity index (χ4n) is 1.40. The topological polar surface area (TPSA) is 56.2 Å². The van der Waals surface area contributed by atoms with E-state index in [1.54, 1.807) is 18.2 Å². The predicted molar refractivity (Wildman–Crippen MR) is 65.6 cm³/mol. The lowest BCUT2D eigenvalue weighted by Gasteiger charge is -2.00. The molecular weight excluding hydrogens is 226 g/mol. The zero-order chi connectivity index (χ0) is 10.8. The second kappa shape index (κ2) is 4.84. The number of hydrogen-bond donors (Lipinski definition) is 1. The molecule has 0 amide bonds. The lowest BCUT2D eigenvalue weighted by molar-refractivity contribution is 0.539. The van der Waals surface area contributed by atoms with Crippen LogP contribution in [0.5, 0.6) is 0 Å². The molecule has 0 radical (unpaired) electrons. The van der Waals surface area contributed by atoms with Gasteiger partial charge in [0, 0.05) is 11.6 Å². The van der Waals surface area contributed by atoms with E-state index in [2.05, 4.69) is 5.92 Å². The number of fused-ring (bicyclic) bond motifs is 1. The van der Waals surface area contributed by atoms with Gasteiger partial charge in [0.15, 0.2) is 5.43 Å². The van der Waals surface area contributed by atoms with Crippen LogP contribution in [-0.4, -0.2) is 0 Å². The van der Waals surface area contributed by atoms with Gasteiger partial charge in [-0.3, -0.25) is 4.79 Å². The van der Waals surface area contributed by atoms with E-state index in [-0.39, 0.29) is 24.4 Å². The second-order valence-electron chi connectivity index (χ2n) is 3.14. The summed E-state index contributed by atoms with van der Waals surface area (Å²) in [5.41, 5.74) is 6.48. The Balaban J connectivity index is 0.00000128. The first-order valence-corrected chi connectivity index (χ1v) is 4.48. The Morgan fingerprint density at radius 3 is 2.75 bits per heavy atom. The smallest absolute Gasteiger partial charge is 0.192 e. The normalized spacial score (nSPS) is 9.50. The first kappa shape index (κ1) is 12.3. The number of benzene rings is 1. The molecule has 0 aliphatic heterocycles. The molecule has 0 aliphatic carbocycles. The third kappa shape index (κ3) is 2.08. The molecule has 0 bridgehead atoms. The summed E-state index contributed by atoms with van der Waals surface area (Å²) in [4.78, 5) is 11.6. The Kier molecular flexibility index (Phi) is 3.73. The quantitative estimate of drug-likeness (QED) is 0.765. The van der Waals surface area contributed by atoms with Crippen molar-refractivity contribution in [1.29, 1.82) is 0 Å². The molecule has 1 heterocycles. The van der Waals surface area contributed by atoms with Gasteiger partial charge in [-0.25, -0.2) is 0 Å². The maximum absolute atomic E-state index is 11.6. The summed E-state index contributed by atoms with van der Waals surface area (Å²) in [6.07, 6.45) is 5.25. The zero-order valence-corrected chi connectivity index (χ0v) is 9.21. The molecule has 2 aromatic rings. The molecule has 1 aromatic carbocycles. The molecule has 2 rings (SSSR count). The highest BCUT2D eigenvalue weighted by Crippen LogP contribution is 2.13. The minimum absolute atomic E-state index is 0. The summed E-state index contributed by atoms with van der Waals surface area (Å²) in [5.74, 6) is 2.94. The summed E-state index contributed by atoms with van der Waals surface area (Å²) in [6.45, 7) is 0.200. The molecule has 0 unspecified atom stereocenters. The van der Waals surface area contributed by atoms with Gasteiger partial charge in [-0.1, -0.05) is 5.92 Å². The molecule has 2 N–H and O–H groups in total. The van der Waals surface area contributed by atoms with Crippen LogP contribution in [0.25, 0.3) is 11.0 Å². The van der Waals surface area contributed by atoms with Crippen LogP contribution in [0.2, 0.25) is 0 Å². The first-order chi connectivity index (χ1) is 7.24. The Hall–Kier alpha value is -1.76. The number of rotatable bonds is 1. The molecule has 4 heteroatoms. The van der Waals surface area contributed by atoms with Crippen LogP contribution in [0.1, 0.15) is 11.3 Å². The number of hydrogen-bond acceptors (Lipinski definition) is 3. The van der Waals surface area contributed by atoms with Crippen molar-refractivity contribution in [2.24, 2.45) is 5.73 Å². The maximum Gasteiger partial charge on any atom is 0.192 e. The van der Waals surface area contributed by atoms with E-state index < -0.39 is 0 Å². The minimum atomic E-state index is -0.0970. The monoisotopic (exact) mass is 235 g/mol. The van der Waals surface area contributed by atoms with Crippen LogP contribution < -0.4 is 11.2 Å². The van der Waals surface area contributed by atoms with E-state index in [9.17, 15) is 4.79 Å². The fraction of sp³-hybridized carbons (Fsp3) is 0.0833. The van der Waals surface area contributed by atoms with Crippen LogP contribution in [-0.2, 0) is 6.54 Å². The molecule has 0 aliphatic rings. The molecule has 0 saturated heterocycles. The maximum atomic E-state index is 11.6. The van der Waals surface area contributed by atoms with Crippen molar-refractivity contribution in [2.45, 2.75) is 6.54 Å². The highest BCUT2D eigenvalue weighted by Gasteiger charge is 2.03. The summed E-state index contributed by atoms with van der Waals surface area (Å²) in [7, 11) is 0. The van der Waals surface area contributed by atoms with Crippen LogP contribution in [0, 0.1) is 12.3 Å². The lowest BCUT2D eigenvalue weighted by Crippen LogP contribution is -2.05. The van der Waals surface area contributed by atoms with Gasteiger partial charge in [-0.2, -0.15) is 0 Å². The van der Waals surface area contributed by atoms with Crippen molar-refractivity contribution in [2.75, 3.05) is 0 Å². The average Bonchev–Trinajstić information content (AvgIpc) is 2.28. The van der Waals surface area contributed by atoms with Gasteiger partial charge in [0.1, 0.15) is 11.3 Å². The van der Waals surface area contributed by atoms with E-state index in [1.807, 2.05) is 0 Å². The highest BCUT2D eigenvalue weighted by atomic mass is 35.5. The molecule has 3 nitrogen and oxygen atoms in total. The van der Waals surface area contributed by atoms with Crippen molar-refractivity contribution in [1.82, 2.24) is 0 Å². The number of terminal acetylenes is 1. The third-order valence-corrected chi connectivity index (χ3v) is 2.15. The van der Waals surface area contributed by atoms with Crippen LogP contribution in [0.15, 0.2) is 33.5 Å². The van der Waals surface area contributed by atoms with Gasteiger partial charge >= 0.3 is 0 Å². The van der Waals surface area contributed by atoms with Gasteiger partial charge in [-0.15, -0.1) is 18.8 Å². The fourth-order valence-corrected chi connectivity index (χ4v) is 1.40. The predicted octanol–water partition coefficient (Wildman–Crippen LogP) is 1.65. The van der Waals surface area contributed by atoms with E-state index >= 15 is 0 Å². The van der Waals surface area contributed by atoms with Gasteiger partial charge in [0.25, 0.3) is 0 Å². The molecular formula is C12H10ClNO2. The van der Waals surface area contributed by atoms with Gasteiger partial charge < -0.3 is 10.2 Å². The lowest BCUT2D eigenvalue weighted by atomic mass is 10.1. The van der Waals surface area contributed by atoms with E-state index in [1.165, 1.54) is 6.07 Å². The Bertz CT molecular complexity index is 610. The Morgan fingerprint density at radius 1 is 1.38 bits per heavy atom. The highest BCUT2D eigenvalue weighted by molar-refractivity contribution is 5.85. The molecule has 16 heavy (non-hydrogen) atoms. The van der Waals surface area contributed by atoms with Crippen molar-refractivity contribution >= 4 is 23.4 Å². The molecule has 0 atom stereocenters. The number of halogens is 1. The van der Waals surface area contributed by atoms with E-state index in [4.69, 9.17) is 16.6 Å². The second-order valence-corrected chi connectivity index (χ2v) is 3.14. The molecule has 82 valence electrons. The molecule has 1 aromatic heterocycles. The van der Waals surface area contributed by atoms with Crippen molar-refractivity contribution in [3.8, 4) is 12.3 Å². The molecule has 0 saturated carbocycles. The van der Waals surface area contributed by atoms with Crippen molar-refractivity contribution in [3.63, 3.8) is 0 Å². The minimum Gasteiger partial charge on any atom is -0.459 e. The summed E-state index contributed by atoms with van der Waals surface area (Å²) < 4.78 is 5.41. The Labute approximate surface area is 98.7 Å². The standard InChI is InChI=1S/C12H9NO2.ClH/c1-2-8-3-4-10-11(14)6-9(7-13)15-12(10)5-8;/h1,3-6H,7,13H2;1H. The summed E-state index contributed by atoms with van der Waals surface area (Å²) >= 11 is 0. The number of nitrogens with two attached hydrogens (primary N) is 1. The van der Waals surface area contributed by atoms with Crippen LogP contribution in [0.3, 0.4) is 0 Å². The molecule has 0 fully saturated rings. The third-order valence-electron chi connectivity index (χ3n) is 2.15. The first-order valence-electron chi connectivity index (χ1n) is 4.48. The van der Waals surface area contributed by atoms with Gasteiger partial charge in [-0.05, 0) is 18.2 Å². The van der Waals surface area contributed by atoms with Crippen molar-refractivity contribution in [3.05, 3.63) is 45.8 Å². The summed E-state index contributed by atoms with van der Waals surface area (Å²) in [6, 6.07) is 6.44. The van der Waals surface area contributed by atoms with E-state index in [0.29, 0.717) is 22.3 Å². The Morgan fingerprint density at radius 2 is 2.12 bits per heavy atom. The van der Waals surface area contributed by atoms with Gasteiger partial charge in [0.2, 0.25) is 0 Å². The van der Waals surface area contributed by atoms with Crippen molar-refractivity contribution < 1.29 is 4.42 Å². The summed E-state index contributed by atoms with van der Waals surface area (Å²) in [5, 5.41) is 0.520. The largest absolute Gasteiger partial charge is 0.459 e. The SMILES string of the molecule is C#Cc1ccc2c(=O)cc(CN)oc2c1.Cl. The van der Waals surface area contributed by atoms with Gasteiger partial charge in [0.05, 0.1) is 11.9 Å². The molecule has 0 spiro atoms. The van der Waals surface area contributed by atoms with Crippen LogP contribution >= 0.6 is 12.4 Å². The van der Waals surface area contributed by atoms with Crippen LogP contribution in [0.4, 0.5) is 0 Å². The van der Waals surface area contributed by atoms with E-state index in [0.717, 1.165) is 0 Å². The average molecular weight is 236 g/mol.